The van der Waals surface area contributed by atoms with Crippen LogP contribution in [0.3, 0.4) is 0 Å². The molecule has 0 amide bonds. The summed E-state index contributed by atoms with van der Waals surface area (Å²) in [5.74, 6) is 0.238. The van der Waals surface area contributed by atoms with Crippen LogP contribution in [0.2, 0.25) is 0 Å². The highest BCUT2D eigenvalue weighted by molar-refractivity contribution is 6.17. The monoisotopic (exact) mass is 213 g/mol. The molecule has 1 aromatic heterocycles. The minimum Gasteiger partial charge on any atom is -0.255 e. The second kappa shape index (κ2) is 5.27. The highest BCUT2D eigenvalue weighted by Crippen LogP contribution is 2.17. The molecule has 5 heteroatoms. The van der Waals surface area contributed by atoms with Crippen molar-refractivity contribution < 1.29 is 8.78 Å². The van der Waals surface area contributed by atoms with Crippen LogP contribution in [0.15, 0.2) is 18.3 Å². The first-order chi connectivity index (χ1) is 5.24. The maximum Gasteiger partial charge on any atom is 0.280 e. The van der Waals surface area contributed by atoms with Crippen LogP contribution < -0.4 is 0 Å². The van der Waals surface area contributed by atoms with E-state index in [9.17, 15) is 8.78 Å². The van der Waals surface area contributed by atoms with E-state index in [-0.39, 0.29) is 24.0 Å². The van der Waals surface area contributed by atoms with Gasteiger partial charge in [-0.15, -0.1) is 24.0 Å². The summed E-state index contributed by atoms with van der Waals surface area (Å²) in [7, 11) is 0. The van der Waals surface area contributed by atoms with Crippen molar-refractivity contribution in [3.05, 3.63) is 29.6 Å². The molecule has 68 valence electrons. The van der Waals surface area contributed by atoms with E-state index in [0.717, 1.165) is 0 Å². The first-order valence-electron chi connectivity index (χ1n) is 3.03. The Morgan fingerprint density at radius 1 is 1.50 bits per heavy atom. The highest BCUT2D eigenvalue weighted by Gasteiger charge is 2.07. The molecule has 0 aliphatic carbocycles. The van der Waals surface area contributed by atoms with Gasteiger partial charge in [0, 0.05) is 12.1 Å². The fourth-order valence-electron chi connectivity index (χ4n) is 0.697. The number of halogens is 4. The number of pyridine rings is 1. The molecule has 0 radical (unpaired) electrons. The Morgan fingerprint density at radius 2 is 2.17 bits per heavy atom. The maximum atomic E-state index is 12.0. The molecule has 12 heavy (non-hydrogen) atoms. The standard InChI is InChI=1S/C7H6ClF2N.ClH/c8-4-5-1-2-11-6(3-5)7(9)10;/h1-3,7H,4H2;1H. The lowest BCUT2D eigenvalue weighted by Crippen LogP contribution is -1.90. The second-order valence-electron chi connectivity index (χ2n) is 2.02. The van der Waals surface area contributed by atoms with Gasteiger partial charge < -0.3 is 0 Å². The zero-order valence-corrected chi connectivity index (χ0v) is 7.58. The van der Waals surface area contributed by atoms with Crippen LogP contribution in [0.5, 0.6) is 0 Å². The first-order valence-corrected chi connectivity index (χ1v) is 3.56. The van der Waals surface area contributed by atoms with E-state index in [4.69, 9.17) is 11.6 Å². The molecule has 1 rings (SSSR count). The molecule has 1 heterocycles. The Morgan fingerprint density at radius 3 is 2.67 bits per heavy atom. The molecule has 0 aromatic carbocycles. The molecule has 0 N–H and O–H groups in total. The van der Waals surface area contributed by atoms with Crippen molar-refractivity contribution in [2.75, 3.05) is 0 Å². The molecule has 0 aliphatic rings. The average Bonchev–Trinajstić information content (AvgIpc) is 2.05. The van der Waals surface area contributed by atoms with Gasteiger partial charge in [-0.2, -0.15) is 0 Å². The number of hydrogen-bond acceptors (Lipinski definition) is 1. The van der Waals surface area contributed by atoms with Crippen LogP contribution in [0.1, 0.15) is 17.7 Å². The molecule has 0 aliphatic heterocycles. The Balaban J connectivity index is 0.00000121. The molecule has 0 bridgehead atoms. The third kappa shape index (κ3) is 2.91. The van der Waals surface area contributed by atoms with Gasteiger partial charge in [0.15, 0.2) is 0 Å². The Labute approximate surface area is 80.2 Å². The molecule has 1 nitrogen and oxygen atoms in total. The van der Waals surface area contributed by atoms with Gasteiger partial charge in [0.2, 0.25) is 0 Å². The lowest BCUT2D eigenvalue weighted by Gasteiger charge is -1.99. The Hall–Kier alpha value is -0.410. The van der Waals surface area contributed by atoms with E-state index in [2.05, 4.69) is 4.98 Å². The van der Waals surface area contributed by atoms with E-state index in [1.54, 1.807) is 6.07 Å². The summed E-state index contributed by atoms with van der Waals surface area (Å²) in [6.45, 7) is 0. The van der Waals surface area contributed by atoms with Crippen LogP contribution in [-0.2, 0) is 5.88 Å². The zero-order valence-electron chi connectivity index (χ0n) is 6.01. The molecular weight excluding hydrogens is 207 g/mol. The van der Waals surface area contributed by atoms with Gasteiger partial charge >= 0.3 is 0 Å². The van der Waals surface area contributed by atoms with Gasteiger partial charge in [0.05, 0.1) is 0 Å². The van der Waals surface area contributed by atoms with E-state index < -0.39 is 6.43 Å². The summed E-state index contributed by atoms with van der Waals surface area (Å²) in [6.07, 6.45) is -1.18. The Bertz CT molecular complexity index is 243. The fraction of sp³-hybridized carbons (Fsp3) is 0.286. The van der Waals surface area contributed by atoms with Gasteiger partial charge in [-0.25, -0.2) is 8.78 Å². The van der Waals surface area contributed by atoms with E-state index in [1.165, 1.54) is 12.3 Å². The quantitative estimate of drug-likeness (QED) is 0.689. The SMILES string of the molecule is Cl.FC(F)c1cc(CCl)ccn1. The normalized spacial score (nSPS) is 9.67. The van der Waals surface area contributed by atoms with Crippen LogP contribution in [0, 0.1) is 0 Å². The smallest absolute Gasteiger partial charge is 0.255 e. The average molecular weight is 214 g/mol. The number of alkyl halides is 3. The minimum atomic E-state index is -2.52. The van der Waals surface area contributed by atoms with Crippen molar-refractivity contribution in [3.8, 4) is 0 Å². The largest absolute Gasteiger partial charge is 0.280 e. The van der Waals surface area contributed by atoms with Crippen LogP contribution in [-0.4, -0.2) is 4.98 Å². The summed E-state index contributed by atoms with van der Waals surface area (Å²) in [5.41, 5.74) is 0.445. The van der Waals surface area contributed by atoms with Crippen LogP contribution in [0.4, 0.5) is 8.78 Å². The third-order valence-corrected chi connectivity index (χ3v) is 1.53. The van der Waals surface area contributed by atoms with Crippen molar-refractivity contribution in [1.29, 1.82) is 0 Å². The van der Waals surface area contributed by atoms with Gasteiger partial charge in [0.1, 0.15) is 5.69 Å². The van der Waals surface area contributed by atoms with Crippen molar-refractivity contribution in [2.45, 2.75) is 12.3 Å². The summed E-state index contributed by atoms with van der Waals surface area (Å²) in [6, 6.07) is 2.91. The number of nitrogens with zero attached hydrogens (tertiary/aromatic N) is 1. The lowest BCUT2D eigenvalue weighted by atomic mass is 10.2. The molecular formula is C7H7Cl2F2N. The van der Waals surface area contributed by atoms with E-state index >= 15 is 0 Å². The van der Waals surface area contributed by atoms with Crippen molar-refractivity contribution in [3.63, 3.8) is 0 Å². The summed E-state index contributed by atoms with van der Waals surface area (Å²) in [4.78, 5) is 3.48. The predicted molar refractivity (Wildman–Crippen MR) is 46.0 cm³/mol. The second-order valence-corrected chi connectivity index (χ2v) is 2.29. The molecule has 1 aromatic rings. The van der Waals surface area contributed by atoms with Gasteiger partial charge in [-0.1, -0.05) is 0 Å². The summed E-state index contributed by atoms with van der Waals surface area (Å²) in [5, 5.41) is 0. The minimum absolute atomic E-state index is 0. The molecule has 0 saturated carbocycles. The zero-order chi connectivity index (χ0) is 8.27. The molecule has 0 atom stereocenters. The summed E-state index contributed by atoms with van der Waals surface area (Å²) < 4.78 is 24.0. The van der Waals surface area contributed by atoms with Crippen molar-refractivity contribution in [1.82, 2.24) is 4.98 Å². The van der Waals surface area contributed by atoms with Crippen LogP contribution >= 0.6 is 24.0 Å². The lowest BCUT2D eigenvalue weighted by molar-refractivity contribution is 0.146. The van der Waals surface area contributed by atoms with Crippen molar-refractivity contribution >= 4 is 24.0 Å². The fourth-order valence-corrected chi connectivity index (χ4v) is 0.863. The third-order valence-electron chi connectivity index (χ3n) is 1.22. The molecule has 0 spiro atoms. The Kier molecular flexibility index (Phi) is 5.09. The van der Waals surface area contributed by atoms with Gasteiger partial charge in [-0.3, -0.25) is 4.98 Å². The maximum absolute atomic E-state index is 12.0. The van der Waals surface area contributed by atoms with Crippen LogP contribution in [0.25, 0.3) is 0 Å². The molecule has 0 unspecified atom stereocenters. The molecule has 0 saturated heterocycles. The van der Waals surface area contributed by atoms with E-state index in [0.29, 0.717) is 5.56 Å². The topological polar surface area (TPSA) is 12.9 Å². The van der Waals surface area contributed by atoms with Crippen molar-refractivity contribution in [2.24, 2.45) is 0 Å². The number of hydrogen-bond donors (Lipinski definition) is 0. The van der Waals surface area contributed by atoms with Gasteiger partial charge in [0.25, 0.3) is 6.43 Å². The summed E-state index contributed by atoms with van der Waals surface area (Å²) >= 11 is 5.43. The van der Waals surface area contributed by atoms with E-state index in [1.807, 2.05) is 0 Å². The number of rotatable bonds is 2. The van der Waals surface area contributed by atoms with Gasteiger partial charge in [-0.05, 0) is 17.7 Å². The first kappa shape index (κ1) is 11.6. The number of aromatic nitrogens is 1. The predicted octanol–water partition coefficient (Wildman–Crippen LogP) is 3.18. The molecule has 0 fully saturated rings. The highest BCUT2D eigenvalue weighted by atomic mass is 35.5.